The Morgan fingerprint density at radius 1 is 0.972 bits per heavy atom. The van der Waals surface area contributed by atoms with E-state index in [9.17, 15) is 19.2 Å². The third-order valence-electron chi connectivity index (χ3n) is 5.97. The number of aryl methyl sites for hydroxylation is 1. The standard InChI is InChI=1S/C27H26N4O5/c1-17-7-6-8-19(15-17)28-24(33)21-9-4-5-10-22(21)29-23(32)16-31-25(34)27(2,30-26(31)35)18-11-13-20(36-3)14-12-18/h4-15H,16H2,1-3H3,(H,28,33)(H,29,32)(H,30,35)/t27-/m0/s1. The van der Waals surface area contributed by atoms with Gasteiger partial charge in [0.15, 0.2) is 0 Å². The Morgan fingerprint density at radius 3 is 2.39 bits per heavy atom. The molecular formula is C27H26N4O5. The monoisotopic (exact) mass is 486 g/mol. The molecule has 9 heteroatoms. The number of ether oxygens (including phenoxy) is 1. The molecule has 1 aliphatic heterocycles. The van der Waals surface area contributed by atoms with Gasteiger partial charge >= 0.3 is 6.03 Å². The van der Waals surface area contributed by atoms with Crippen molar-refractivity contribution in [3.05, 3.63) is 89.5 Å². The van der Waals surface area contributed by atoms with E-state index in [2.05, 4.69) is 16.0 Å². The van der Waals surface area contributed by atoms with Gasteiger partial charge in [-0.3, -0.25) is 19.3 Å². The van der Waals surface area contributed by atoms with Crippen LogP contribution in [0.3, 0.4) is 0 Å². The molecule has 1 aliphatic rings. The molecule has 0 spiro atoms. The Bertz CT molecular complexity index is 1340. The van der Waals surface area contributed by atoms with Crippen LogP contribution in [0.1, 0.15) is 28.4 Å². The van der Waals surface area contributed by atoms with Gasteiger partial charge in [0.1, 0.15) is 17.8 Å². The molecule has 5 amide bonds. The number of carbonyl (C=O) groups excluding carboxylic acids is 4. The number of benzene rings is 3. The summed E-state index contributed by atoms with van der Waals surface area (Å²) < 4.78 is 5.14. The molecule has 9 nitrogen and oxygen atoms in total. The van der Waals surface area contributed by atoms with E-state index >= 15 is 0 Å². The molecule has 0 aromatic heterocycles. The predicted molar refractivity (Wildman–Crippen MR) is 135 cm³/mol. The molecule has 3 aromatic rings. The zero-order valence-electron chi connectivity index (χ0n) is 20.1. The molecule has 3 aromatic carbocycles. The minimum absolute atomic E-state index is 0.243. The van der Waals surface area contributed by atoms with E-state index < -0.39 is 35.8 Å². The van der Waals surface area contributed by atoms with Gasteiger partial charge in [-0.2, -0.15) is 0 Å². The van der Waals surface area contributed by atoms with Gasteiger partial charge in [0.2, 0.25) is 5.91 Å². The van der Waals surface area contributed by atoms with Crippen molar-refractivity contribution in [2.45, 2.75) is 19.4 Å². The molecule has 0 saturated carbocycles. The topological polar surface area (TPSA) is 117 Å². The normalized spacial score (nSPS) is 16.9. The highest BCUT2D eigenvalue weighted by molar-refractivity contribution is 6.12. The number of nitrogens with one attached hydrogen (secondary N) is 3. The fraction of sp³-hybridized carbons (Fsp3) is 0.185. The van der Waals surface area contributed by atoms with Crippen molar-refractivity contribution in [2.24, 2.45) is 0 Å². The fourth-order valence-corrected chi connectivity index (χ4v) is 4.01. The number of rotatable bonds is 7. The van der Waals surface area contributed by atoms with Crippen LogP contribution in [0.4, 0.5) is 16.2 Å². The first-order valence-electron chi connectivity index (χ1n) is 11.3. The molecule has 184 valence electrons. The summed E-state index contributed by atoms with van der Waals surface area (Å²) in [6.45, 7) is 2.99. The molecule has 0 unspecified atom stereocenters. The van der Waals surface area contributed by atoms with Crippen molar-refractivity contribution in [3.63, 3.8) is 0 Å². The molecule has 1 atom stereocenters. The van der Waals surface area contributed by atoms with Crippen molar-refractivity contribution in [2.75, 3.05) is 24.3 Å². The Kier molecular flexibility index (Phi) is 6.73. The summed E-state index contributed by atoms with van der Waals surface area (Å²) in [5.74, 6) is -0.967. The van der Waals surface area contributed by atoms with Gasteiger partial charge in [0.25, 0.3) is 11.8 Å². The molecule has 3 N–H and O–H groups in total. The average molecular weight is 487 g/mol. The lowest BCUT2D eigenvalue weighted by atomic mass is 9.92. The lowest BCUT2D eigenvalue weighted by molar-refractivity contribution is -0.133. The van der Waals surface area contributed by atoms with Crippen LogP contribution in [0, 0.1) is 6.92 Å². The van der Waals surface area contributed by atoms with Crippen molar-refractivity contribution in [1.29, 1.82) is 0 Å². The minimum Gasteiger partial charge on any atom is -0.497 e. The molecule has 0 radical (unpaired) electrons. The van der Waals surface area contributed by atoms with Gasteiger partial charge in [0, 0.05) is 5.69 Å². The number of imide groups is 1. The van der Waals surface area contributed by atoms with E-state index in [4.69, 9.17) is 4.74 Å². The molecular weight excluding hydrogens is 460 g/mol. The third kappa shape index (κ3) is 4.90. The highest BCUT2D eigenvalue weighted by Crippen LogP contribution is 2.30. The van der Waals surface area contributed by atoms with Crippen molar-refractivity contribution < 1.29 is 23.9 Å². The summed E-state index contributed by atoms with van der Waals surface area (Å²) >= 11 is 0. The summed E-state index contributed by atoms with van der Waals surface area (Å²) in [5.41, 5.74) is 1.35. The highest BCUT2D eigenvalue weighted by atomic mass is 16.5. The van der Waals surface area contributed by atoms with E-state index in [1.165, 1.54) is 7.11 Å². The highest BCUT2D eigenvalue weighted by Gasteiger charge is 2.49. The zero-order valence-corrected chi connectivity index (χ0v) is 20.1. The molecule has 4 rings (SSSR count). The average Bonchev–Trinajstić information content (AvgIpc) is 3.08. The van der Waals surface area contributed by atoms with Crippen LogP contribution >= 0.6 is 0 Å². The summed E-state index contributed by atoms with van der Waals surface area (Å²) in [4.78, 5) is 52.3. The predicted octanol–water partition coefficient (Wildman–Crippen LogP) is 3.66. The third-order valence-corrected chi connectivity index (χ3v) is 5.97. The van der Waals surface area contributed by atoms with E-state index in [1.807, 2.05) is 25.1 Å². The lowest BCUT2D eigenvalue weighted by Crippen LogP contribution is -2.42. The van der Waals surface area contributed by atoms with Crippen LogP contribution in [0.5, 0.6) is 5.75 Å². The Hall–Kier alpha value is -4.66. The van der Waals surface area contributed by atoms with Gasteiger partial charge in [-0.25, -0.2) is 4.79 Å². The minimum atomic E-state index is -1.32. The Labute approximate surface area is 208 Å². The smallest absolute Gasteiger partial charge is 0.325 e. The van der Waals surface area contributed by atoms with E-state index in [1.54, 1.807) is 61.5 Å². The second-order valence-corrected chi connectivity index (χ2v) is 8.59. The molecule has 1 fully saturated rings. The second-order valence-electron chi connectivity index (χ2n) is 8.59. The van der Waals surface area contributed by atoms with Crippen LogP contribution in [-0.2, 0) is 15.1 Å². The van der Waals surface area contributed by atoms with E-state index in [0.717, 1.165) is 10.5 Å². The first kappa shape index (κ1) is 24.5. The number of amides is 5. The summed E-state index contributed by atoms with van der Waals surface area (Å²) in [6.07, 6.45) is 0. The molecule has 0 aliphatic carbocycles. The number of para-hydroxylation sites is 1. The number of methoxy groups -OCH3 is 1. The van der Waals surface area contributed by atoms with Crippen LogP contribution < -0.4 is 20.7 Å². The molecule has 0 bridgehead atoms. The van der Waals surface area contributed by atoms with E-state index in [-0.39, 0.29) is 11.3 Å². The lowest BCUT2D eigenvalue weighted by Gasteiger charge is -2.22. The largest absolute Gasteiger partial charge is 0.497 e. The molecule has 36 heavy (non-hydrogen) atoms. The number of carbonyl (C=O) groups is 4. The summed E-state index contributed by atoms with van der Waals surface area (Å²) in [5, 5.41) is 8.12. The quantitative estimate of drug-likeness (QED) is 0.441. The van der Waals surface area contributed by atoms with Crippen molar-refractivity contribution >= 4 is 35.1 Å². The van der Waals surface area contributed by atoms with Crippen LogP contribution in [0.2, 0.25) is 0 Å². The number of nitrogens with zero attached hydrogens (tertiary/aromatic N) is 1. The Morgan fingerprint density at radius 2 is 1.69 bits per heavy atom. The van der Waals surface area contributed by atoms with Gasteiger partial charge in [-0.05, 0) is 61.4 Å². The SMILES string of the molecule is COc1ccc([C@]2(C)NC(=O)N(CC(=O)Nc3ccccc3C(=O)Nc3cccc(C)c3)C2=O)cc1. The maximum absolute atomic E-state index is 13.2. The fourth-order valence-electron chi connectivity index (χ4n) is 4.01. The molecule has 1 heterocycles. The van der Waals surface area contributed by atoms with Gasteiger partial charge in [-0.15, -0.1) is 0 Å². The number of hydrogen-bond acceptors (Lipinski definition) is 5. The number of urea groups is 1. The Balaban J connectivity index is 1.47. The maximum Gasteiger partial charge on any atom is 0.325 e. The van der Waals surface area contributed by atoms with Crippen molar-refractivity contribution in [3.8, 4) is 5.75 Å². The number of anilines is 2. The van der Waals surface area contributed by atoms with Crippen molar-refractivity contribution in [1.82, 2.24) is 10.2 Å². The first-order chi connectivity index (χ1) is 17.2. The zero-order chi connectivity index (χ0) is 25.9. The van der Waals surface area contributed by atoms with Crippen LogP contribution in [-0.4, -0.2) is 42.3 Å². The maximum atomic E-state index is 13.2. The van der Waals surface area contributed by atoms with E-state index in [0.29, 0.717) is 17.0 Å². The van der Waals surface area contributed by atoms with Gasteiger partial charge in [-0.1, -0.05) is 36.4 Å². The van der Waals surface area contributed by atoms with Gasteiger partial charge < -0.3 is 20.7 Å². The van der Waals surface area contributed by atoms with Crippen LogP contribution in [0.15, 0.2) is 72.8 Å². The number of hydrogen-bond donors (Lipinski definition) is 3. The second kappa shape index (κ2) is 9.91. The first-order valence-corrected chi connectivity index (χ1v) is 11.3. The van der Waals surface area contributed by atoms with Crippen LogP contribution in [0.25, 0.3) is 0 Å². The molecule has 1 saturated heterocycles. The van der Waals surface area contributed by atoms with Gasteiger partial charge in [0.05, 0.1) is 18.4 Å². The summed E-state index contributed by atoms with van der Waals surface area (Å²) in [6, 6.07) is 19.9. The summed E-state index contributed by atoms with van der Waals surface area (Å²) in [7, 11) is 1.53.